The van der Waals surface area contributed by atoms with Crippen LogP contribution in [0.15, 0.2) is 28.9 Å². The molecular weight excluding hydrogens is 238 g/mol. The first-order valence-electron chi connectivity index (χ1n) is 5.28. The normalized spacial score (nSPS) is 12.7. The summed E-state index contributed by atoms with van der Waals surface area (Å²) >= 11 is 0. The number of oxazole rings is 1. The third-order valence-electron chi connectivity index (χ3n) is 2.50. The Hall–Kier alpha value is -2.50. The number of fused-ring (bicyclic) bond motifs is 1. The van der Waals surface area contributed by atoms with Crippen LogP contribution in [-0.4, -0.2) is 22.9 Å². The third kappa shape index (κ3) is 1.88. The minimum atomic E-state index is -0.944. The molecule has 1 aromatic heterocycles. The van der Waals surface area contributed by atoms with Gasteiger partial charge in [0.25, 0.3) is 0 Å². The summed E-state index contributed by atoms with van der Waals surface area (Å²) in [4.78, 5) is 14.7. The van der Waals surface area contributed by atoms with Gasteiger partial charge in [-0.05, 0) is 18.2 Å². The molecule has 0 amide bonds. The Morgan fingerprint density at radius 1 is 1.33 bits per heavy atom. The average Bonchev–Trinajstić information content (AvgIpc) is 2.95. The molecule has 1 aromatic carbocycles. The highest BCUT2D eigenvalue weighted by Gasteiger charge is 2.16. The van der Waals surface area contributed by atoms with E-state index in [-0.39, 0.29) is 13.2 Å². The Morgan fingerprint density at radius 3 is 3.00 bits per heavy atom. The minimum Gasteiger partial charge on any atom is -0.481 e. The fourth-order valence-corrected chi connectivity index (χ4v) is 1.71. The lowest BCUT2D eigenvalue weighted by molar-refractivity contribution is -0.136. The zero-order chi connectivity index (χ0) is 12.5. The molecule has 18 heavy (non-hydrogen) atoms. The number of hydrogen-bond donors (Lipinski definition) is 1. The molecule has 6 nitrogen and oxygen atoms in total. The standard InChI is InChI=1S/C12H9NO5/c14-11(15)4-8-5-16-12(13-8)7-1-2-9-10(3-7)18-6-17-9/h1-3,5H,4,6H2,(H,14,15). The smallest absolute Gasteiger partial charge is 0.309 e. The van der Waals surface area contributed by atoms with Crippen LogP contribution in [0.4, 0.5) is 0 Å². The molecule has 2 aromatic rings. The van der Waals surface area contributed by atoms with Crippen LogP contribution in [0.5, 0.6) is 11.5 Å². The molecule has 0 unspecified atom stereocenters. The van der Waals surface area contributed by atoms with Crippen LogP contribution in [0.1, 0.15) is 5.69 Å². The van der Waals surface area contributed by atoms with Crippen LogP contribution in [0, 0.1) is 0 Å². The predicted molar refractivity (Wildman–Crippen MR) is 59.4 cm³/mol. The van der Waals surface area contributed by atoms with Crippen molar-refractivity contribution in [2.45, 2.75) is 6.42 Å². The summed E-state index contributed by atoms with van der Waals surface area (Å²) in [6.07, 6.45) is 1.18. The van der Waals surface area contributed by atoms with E-state index in [1.165, 1.54) is 6.26 Å². The number of rotatable bonds is 3. The Bertz CT molecular complexity index is 604. The molecule has 0 saturated heterocycles. The second-order valence-electron chi connectivity index (χ2n) is 3.78. The van der Waals surface area contributed by atoms with Crippen molar-refractivity contribution in [3.63, 3.8) is 0 Å². The lowest BCUT2D eigenvalue weighted by atomic mass is 10.2. The van der Waals surface area contributed by atoms with Gasteiger partial charge in [0.05, 0.1) is 12.1 Å². The van der Waals surface area contributed by atoms with Crippen molar-refractivity contribution in [1.29, 1.82) is 0 Å². The van der Waals surface area contributed by atoms with Crippen molar-refractivity contribution in [3.8, 4) is 23.0 Å². The van der Waals surface area contributed by atoms with Crippen molar-refractivity contribution >= 4 is 5.97 Å². The first kappa shape index (κ1) is 10.6. The fourth-order valence-electron chi connectivity index (χ4n) is 1.71. The molecule has 0 fully saturated rings. The van der Waals surface area contributed by atoms with Gasteiger partial charge in [-0.15, -0.1) is 0 Å². The molecule has 0 saturated carbocycles. The van der Waals surface area contributed by atoms with E-state index < -0.39 is 5.97 Å². The predicted octanol–water partition coefficient (Wildman–Crippen LogP) is 1.70. The van der Waals surface area contributed by atoms with E-state index in [9.17, 15) is 4.79 Å². The van der Waals surface area contributed by atoms with Gasteiger partial charge in [0.15, 0.2) is 11.5 Å². The molecule has 2 heterocycles. The van der Waals surface area contributed by atoms with Crippen molar-refractivity contribution in [2.75, 3.05) is 6.79 Å². The summed E-state index contributed by atoms with van der Waals surface area (Å²) in [6, 6.07) is 5.29. The fraction of sp³-hybridized carbons (Fsp3) is 0.167. The van der Waals surface area contributed by atoms with Gasteiger partial charge in [0, 0.05) is 5.56 Å². The van der Waals surface area contributed by atoms with Crippen molar-refractivity contribution < 1.29 is 23.8 Å². The van der Waals surface area contributed by atoms with Gasteiger partial charge in [-0.3, -0.25) is 4.79 Å². The number of aromatic nitrogens is 1. The Labute approximate surface area is 102 Å². The highest BCUT2D eigenvalue weighted by atomic mass is 16.7. The Balaban J connectivity index is 1.90. The molecular formula is C12H9NO5. The maximum atomic E-state index is 10.5. The first-order valence-corrected chi connectivity index (χ1v) is 5.28. The lowest BCUT2D eigenvalue weighted by Gasteiger charge is -1.98. The topological polar surface area (TPSA) is 81.8 Å². The van der Waals surface area contributed by atoms with E-state index in [1.54, 1.807) is 18.2 Å². The molecule has 0 spiro atoms. The van der Waals surface area contributed by atoms with Crippen molar-refractivity contribution in [3.05, 3.63) is 30.2 Å². The van der Waals surface area contributed by atoms with Gasteiger partial charge >= 0.3 is 5.97 Å². The van der Waals surface area contributed by atoms with E-state index in [1.807, 2.05) is 0 Å². The van der Waals surface area contributed by atoms with Crippen molar-refractivity contribution in [1.82, 2.24) is 4.98 Å². The van der Waals surface area contributed by atoms with Crippen LogP contribution in [0.25, 0.3) is 11.5 Å². The molecule has 1 N–H and O–H groups in total. The number of carboxylic acids is 1. The van der Waals surface area contributed by atoms with Crippen LogP contribution in [0.3, 0.4) is 0 Å². The maximum absolute atomic E-state index is 10.5. The number of nitrogens with zero attached hydrogens (tertiary/aromatic N) is 1. The van der Waals surface area contributed by atoms with E-state index in [2.05, 4.69) is 4.98 Å². The number of carboxylic acid groups (broad SMARTS) is 1. The van der Waals surface area contributed by atoms with Gasteiger partial charge in [0.2, 0.25) is 12.7 Å². The van der Waals surface area contributed by atoms with Gasteiger partial charge in [-0.25, -0.2) is 4.98 Å². The number of aliphatic carboxylic acids is 1. The number of carbonyl (C=O) groups is 1. The number of ether oxygens (including phenoxy) is 2. The molecule has 0 aliphatic carbocycles. The molecule has 92 valence electrons. The van der Waals surface area contributed by atoms with Crippen LogP contribution < -0.4 is 9.47 Å². The quantitative estimate of drug-likeness (QED) is 0.888. The van der Waals surface area contributed by atoms with Crippen LogP contribution in [0.2, 0.25) is 0 Å². The van der Waals surface area contributed by atoms with E-state index in [0.717, 1.165) is 5.56 Å². The largest absolute Gasteiger partial charge is 0.481 e. The molecule has 0 atom stereocenters. The summed E-state index contributed by atoms with van der Waals surface area (Å²) < 4.78 is 15.7. The second kappa shape index (κ2) is 4.06. The van der Waals surface area contributed by atoms with Crippen LogP contribution >= 0.6 is 0 Å². The van der Waals surface area contributed by atoms with E-state index in [0.29, 0.717) is 23.1 Å². The van der Waals surface area contributed by atoms with E-state index >= 15 is 0 Å². The SMILES string of the molecule is O=C(O)Cc1coc(-c2ccc3c(c2)OCO3)n1. The minimum absolute atomic E-state index is 0.159. The zero-order valence-corrected chi connectivity index (χ0v) is 9.25. The molecule has 0 radical (unpaired) electrons. The Kier molecular flexibility index (Phi) is 2.40. The molecule has 6 heteroatoms. The van der Waals surface area contributed by atoms with Crippen LogP contribution in [-0.2, 0) is 11.2 Å². The second-order valence-corrected chi connectivity index (χ2v) is 3.78. The average molecular weight is 247 g/mol. The highest BCUT2D eigenvalue weighted by molar-refractivity contribution is 5.70. The lowest BCUT2D eigenvalue weighted by Crippen LogP contribution is -1.99. The zero-order valence-electron chi connectivity index (χ0n) is 9.25. The summed E-state index contributed by atoms with van der Waals surface area (Å²) in [6.45, 7) is 0.203. The number of hydrogen-bond acceptors (Lipinski definition) is 5. The summed E-state index contributed by atoms with van der Waals surface area (Å²) in [5, 5.41) is 8.66. The summed E-state index contributed by atoms with van der Waals surface area (Å²) in [5.41, 5.74) is 1.10. The first-order chi connectivity index (χ1) is 8.72. The van der Waals surface area contributed by atoms with Gasteiger partial charge in [0.1, 0.15) is 6.26 Å². The molecule has 0 bridgehead atoms. The highest BCUT2D eigenvalue weighted by Crippen LogP contribution is 2.35. The van der Waals surface area contributed by atoms with E-state index in [4.69, 9.17) is 19.0 Å². The van der Waals surface area contributed by atoms with Crippen molar-refractivity contribution in [2.24, 2.45) is 0 Å². The molecule has 1 aliphatic rings. The van der Waals surface area contributed by atoms with Gasteiger partial charge < -0.3 is 19.0 Å². The Morgan fingerprint density at radius 2 is 2.17 bits per heavy atom. The van der Waals surface area contributed by atoms with Gasteiger partial charge in [-0.1, -0.05) is 0 Å². The third-order valence-corrected chi connectivity index (χ3v) is 2.50. The monoisotopic (exact) mass is 247 g/mol. The maximum Gasteiger partial charge on any atom is 0.309 e. The summed E-state index contributed by atoms with van der Waals surface area (Å²) in [7, 11) is 0. The number of benzene rings is 1. The summed E-state index contributed by atoms with van der Waals surface area (Å²) in [5.74, 6) is 0.728. The molecule has 3 rings (SSSR count). The molecule has 1 aliphatic heterocycles. The van der Waals surface area contributed by atoms with Gasteiger partial charge in [-0.2, -0.15) is 0 Å².